The van der Waals surface area contributed by atoms with Crippen LogP contribution in [0.1, 0.15) is 24.7 Å². The van der Waals surface area contributed by atoms with E-state index in [4.69, 9.17) is 9.66 Å². The summed E-state index contributed by atoms with van der Waals surface area (Å²) < 4.78 is 30.8. The van der Waals surface area contributed by atoms with Gasteiger partial charge in [-0.15, -0.1) is 0 Å². The summed E-state index contributed by atoms with van der Waals surface area (Å²) in [7, 11) is -3.78. The second-order valence-electron chi connectivity index (χ2n) is 6.91. The summed E-state index contributed by atoms with van der Waals surface area (Å²) in [5.74, 6) is 1.52. The zero-order valence-corrected chi connectivity index (χ0v) is 18.2. The molecule has 2 aromatic carbocycles. The molecule has 8 nitrogen and oxygen atoms in total. The summed E-state index contributed by atoms with van der Waals surface area (Å²) in [6.07, 6.45) is 0.912. The number of aryl methyl sites for hydroxylation is 2. The zero-order valence-electron chi connectivity index (χ0n) is 16.6. The third-order valence-corrected chi connectivity index (χ3v) is 6.44. The van der Waals surface area contributed by atoms with Crippen molar-refractivity contribution >= 4 is 32.8 Å². The van der Waals surface area contributed by atoms with Crippen LogP contribution >= 0.6 is 11.8 Å². The molecule has 30 heavy (non-hydrogen) atoms. The molecule has 2 N–H and O–H groups in total. The molecular weight excluding hydrogens is 422 g/mol. The standard InChI is InChI=1S/C20H21N5O3S2/c1-3-10-25-17-9-8-15(30(21,26)27)11-16(17)22-20(25)29-12-18-23-19(28-24-18)14-6-4-13(2)5-7-14/h4-9,11H,3,10,12H2,1-2H3,(H2,21,26,27). The van der Waals surface area contributed by atoms with Crippen LogP contribution in [0.5, 0.6) is 0 Å². The SMILES string of the molecule is CCCn1c(SCc2noc(-c3ccc(C)cc3)n2)nc2cc(S(N)(=O)=O)ccc21. The molecule has 10 heteroatoms. The summed E-state index contributed by atoms with van der Waals surface area (Å²) in [5.41, 5.74) is 3.48. The van der Waals surface area contributed by atoms with E-state index in [2.05, 4.69) is 26.6 Å². The lowest BCUT2D eigenvalue weighted by Gasteiger charge is -2.06. The largest absolute Gasteiger partial charge is 0.334 e. The number of nitrogens with two attached hydrogens (primary N) is 1. The van der Waals surface area contributed by atoms with Crippen LogP contribution in [0.4, 0.5) is 0 Å². The van der Waals surface area contributed by atoms with Crippen LogP contribution < -0.4 is 5.14 Å². The van der Waals surface area contributed by atoms with Gasteiger partial charge in [-0.1, -0.05) is 41.5 Å². The minimum atomic E-state index is -3.78. The van der Waals surface area contributed by atoms with Crippen LogP contribution in [0.15, 0.2) is 57.0 Å². The number of aromatic nitrogens is 4. The van der Waals surface area contributed by atoms with Crippen molar-refractivity contribution in [2.45, 2.75) is 42.6 Å². The molecule has 0 aliphatic heterocycles. The van der Waals surface area contributed by atoms with E-state index >= 15 is 0 Å². The summed E-state index contributed by atoms with van der Waals surface area (Å²) >= 11 is 1.48. The monoisotopic (exact) mass is 443 g/mol. The predicted octanol–water partition coefficient (Wildman–Crippen LogP) is 3.74. The van der Waals surface area contributed by atoms with Gasteiger partial charge in [0, 0.05) is 12.1 Å². The van der Waals surface area contributed by atoms with Crippen LogP contribution in [-0.4, -0.2) is 28.1 Å². The Morgan fingerprint density at radius 1 is 1.13 bits per heavy atom. The van der Waals surface area contributed by atoms with E-state index in [1.165, 1.54) is 23.9 Å². The van der Waals surface area contributed by atoms with Crippen molar-refractivity contribution < 1.29 is 12.9 Å². The molecule has 0 saturated carbocycles. The van der Waals surface area contributed by atoms with Gasteiger partial charge in [0.05, 0.1) is 21.7 Å². The van der Waals surface area contributed by atoms with E-state index in [1.54, 1.807) is 6.07 Å². The minimum Gasteiger partial charge on any atom is -0.334 e. The number of nitrogens with zero attached hydrogens (tertiary/aromatic N) is 4. The molecule has 4 rings (SSSR count). The fourth-order valence-corrected chi connectivity index (χ4v) is 4.49. The van der Waals surface area contributed by atoms with Crippen molar-refractivity contribution in [2.75, 3.05) is 0 Å². The van der Waals surface area contributed by atoms with Gasteiger partial charge in [0.1, 0.15) is 0 Å². The Balaban J connectivity index is 1.59. The fraction of sp³-hybridized carbons (Fsp3) is 0.250. The van der Waals surface area contributed by atoms with Gasteiger partial charge in [0.15, 0.2) is 11.0 Å². The van der Waals surface area contributed by atoms with E-state index < -0.39 is 10.0 Å². The number of hydrogen-bond donors (Lipinski definition) is 1. The first-order valence-electron chi connectivity index (χ1n) is 9.40. The molecule has 2 heterocycles. The molecule has 0 aliphatic rings. The maximum absolute atomic E-state index is 11.7. The molecule has 0 aliphatic carbocycles. The van der Waals surface area contributed by atoms with E-state index in [0.717, 1.165) is 34.8 Å². The maximum Gasteiger partial charge on any atom is 0.257 e. The van der Waals surface area contributed by atoms with Gasteiger partial charge in [-0.2, -0.15) is 4.98 Å². The lowest BCUT2D eigenvalue weighted by molar-refractivity contribution is 0.425. The first kappa shape index (κ1) is 20.6. The maximum atomic E-state index is 11.7. The van der Waals surface area contributed by atoms with Gasteiger partial charge in [-0.3, -0.25) is 0 Å². The molecule has 0 bridgehead atoms. The molecule has 156 valence electrons. The van der Waals surface area contributed by atoms with E-state index in [0.29, 0.717) is 23.0 Å². The Labute approximate surface area is 178 Å². The Morgan fingerprint density at radius 3 is 2.60 bits per heavy atom. The van der Waals surface area contributed by atoms with Gasteiger partial charge < -0.3 is 9.09 Å². The fourth-order valence-electron chi connectivity index (χ4n) is 3.07. The van der Waals surface area contributed by atoms with E-state index in [9.17, 15) is 8.42 Å². The number of hydrogen-bond acceptors (Lipinski definition) is 7. The van der Waals surface area contributed by atoms with Crippen molar-refractivity contribution in [1.82, 2.24) is 19.7 Å². The van der Waals surface area contributed by atoms with Crippen LogP contribution in [-0.2, 0) is 22.3 Å². The highest BCUT2D eigenvalue weighted by molar-refractivity contribution is 7.98. The van der Waals surface area contributed by atoms with Gasteiger partial charge in [-0.25, -0.2) is 18.5 Å². The third-order valence-electron chi connectivity index (χ3n) is 4.56. The molecule has 0 unspecified atom stereocenters. The molecular formula is C20H21N5O3S2. The van der Waals surface area contributed by atoms with Crippen molar-refractivity contribution in [2.24, 2.45) is 5.14 Å². The van der Waals surface area contributed by atoms with Crippen LogP contribution in [0.2, 0.25) is 0 Å². The highest BCUT2D eigenvalue weighted by Crippen LogP contribution is 2.28. The zero-order chi connectivity index (χ0) is 21.3. The van der Waals surface area contributed by atoms with Crippen molar-refractivity contribution in [1.29, 1.82) is 0 Å². The normalized spacial score (nSPS) is 12.0. The molecule has 0 radical (unpaired) electrons. The first-order chi connectivity index (χ1) is 14.3. The average molecular weight is 444 g/mol. The summed E-state index contributed by atoms with van der Waals surface area (Å²) in [4.78, 5) is 9.13. The second-order valence-corrected chi connectivity index (χ2v) is 9.42. The quantitative estimate of drug-likeness (QED) is 0.432. The Kier molecular flexibility index (Phi) is 5.63. The number of sulfonamides is 1. The van der Waals surface area contributed by atoms with Crippen molar-refractivity contribution in [3.63, 3.8) is 0 Å². The lowest BCUT2D eigenvalue weighted by Crippen LogP contribution is -2.11. The summed E-state index contributed by atoms with van der Waals surface area (Å²) in [5, 5.41) is 10.1. The summed E-state index contributed by atoms with van der Waals surface area (Å²) in [6, 6.07) is 12.6. The van der Waals surface area contributed by atoms with Crippen LogP contribution in [0.25, 0.3) is 22.5 Å². The second kappa shape index (κ2) is 8.21. The van der Waals surface area contributed by atoms with Gasteiger partial charge >= 0.3 is 0 Å². The minimum absolute atomic E-state index is 0.0496. The Hall–Kier alpha value is -2.69. The van der Waals surface area contributed by atoms with Crippen molar-refractivity contribution in [3.8, 4) is 11.5 Å². The third kappa shape index (κ3) is 4.25. The topological polar surface area (TPSA) is 117 Å². The predicted molar refractivity (Wildman–Crippen MR) is 115 cm³/mol. The smallest absolute Gasteiger partial charge is 0.257 e. The first-order valence-corrected chi connectivity index (χ1v) is 11.9. The van der Waals surface area contributed by atoms with E-state index in [-0.39, 0.29) is 4.90 Å². The molecule has 2 aromatic heterocycles. The van der Waals surface area contributed by atoms with Crippen LogP contribution in [0, 0.1) is 6.92 Å². The van der Waals surface area contributed by atoms with Crippen LogP contribution in [0.3, 0.4) is 0 Å². The van der Waals surface area contributed by atoms with Gasteiger partial charge in [-0.05, 0) is 43.7 Å². The average Bonchev–Trinajstić information content (AvgIpc) is 3.31. The Morgan fingerprint density at radius 2 is 1.90 bits per heavy atom. The highest BCUT2D eigenvalue weighted by atomic mass is 32.2. The number of fused-ring (bicyclic) bond motifs is 1. The number of primary sulfonamides is 1. The molecule has 0 amide bonds. The number of thioether (sulfide) groups is 1. The molecule has 0 spiro atoms. The van der Waals surface area contributed by atoms with E-state index in [1.807, 2.05) is 31.2 Å². The lowest BCUT2D eigenvalue weighted by atomic mass is 10.1. The number of imidazole rings is 1. The summed E-state index contributed by atoms with van der Waals surface area (Å²) in [6.45, 7) is 4.86. The molecule has 0 saturated heterocycles. The van der Waals surface area contributed by atoms with Gasteiger partial charge in [0.25, 0.3) is 5.89 Å². The van der Waals surface area contributed by atoms with Crippen molar-refractivity contribution in [3.05, 3.63) is 53.9 Å². The molecule has 0 fully saturated rings. The highest BCUT2D eigenvalue weighted by Gasteiger charge is 2.16. The molecule has 0 atom stereocenters. The molecule has 4 aromatic rings. The number of benzene rings is 2. The number of rotatable bonds is 7. The Bertz CT molecular complexity index is 1290. The van der Waals surface area contributed by atoms with Gasteiger partial charge in [0.2, 0.25) is 10.0 Å².